The molecular formula is C20H17Cl2N5O. The third kappa shape index (κ3) is 3.88. The maximum atomic E-state index is 6.18. The highest BCUT2D eigenvalue weighted by molar-refractivity contribution is 6.31. The van der Waals surface area contributed by atoms with Crippen LogP contribution in [0.25, 0.3) is 5.65 Å². The molecule has 0 fully saturated rings. The monoisotopic (exact) mass is 413 g/mol. The molecule has 4 aromatic rings. The van der Waals surface area contributed by atoms with Gasteiger partial charge in [-0.1, -0.05) is 29.3 Å². The number of nitrogens with one attached hydrogen (secondary N) is 1. The highest BCUT2D eigenvalue weighted by Crippen LogP contribution is 2.31. The van der Waals surface area contributed by atoms with E-state index in [1.54, 1.807) is 10.6 Å². The van der Waals surface area contributed by atoms with E-state index in [2.05, 4.69) is 20.6 Å². The van der Waals surface area contributed by atoms with Gasteiger partial charge >= 0.3 is 0 Å². The first-order valence-corrected chi connectivity index (χ1v) is 9.40. The summed E-state index contributed by atoms with van der Waals surface area (Å²) in [5.41, 5.74) is 2.60. The summed E-state index contributed by atoms with van der Waals surface area (Å²) >= 11 is 12.3. The van der Waals surface area contributed by atoms with Crippen molar-refractivity contribution in [1.82, 2.24) is 19.8 Å². The number of aromatic nitrogens is 4. The normalized spacial score (nSPS) is 11.0. The average Bonchev–Trinajstić information content (AvgIpc) is 3.05. The Morgan fingerprint density at radius 1 is 1.00 bits per heavy atom. The molecule has 0 atom stereocenters. The van der Waals surface area contributed by atoms with Crippen molar-refractivity contribution in [3.05, 3.63) is 75.5 Å². The molecule has 28 heavy (non-hydrogen) atoms. The Bertz CT molecular complexity index is 1160. The molecule has 0 aliphatic heterocycles. The highest BCUT2D eigenvalue weighted by Gasteiger charge is 2.09. The number of hydrogen-bond acceptors (Lipinski definition) is 5. The van der Waals surface area contributed by atoms with Gasteiger partial charge < -0.3 is 10.1 Å². The lowest BCUT2D eigenvalue weighted by molar-refractivity contribution is 0.476. The van der Waals surface area contributed by atoms with E-state index >= 15 is 0 Å². The molecule has 0 aliphatic rings. The third-order valence-electron chi connectivity index (χ3n) is 4.27. The number of hydrogen-bond donors (Lipinski definition) is 1. The minimum absolute atomic E-state index is 0.513. The van der Waals surface area contributed by atoms with Gasteiger partial charge in [0, 0.05) is 22.2 Å². The van der Waals surface area contributed by atoms with Crippen LogP contribution in [0, 0.1) is 13.8 Å². The molecule has 0 spiro atoms. The standard InChI is InChI=1S/C20H17Cl2N5O/c1-12-9-16(5-6-17(12)22)28-18-10-15(21)4-3-14(18)11-23-19-7-8-20-25-24-13(2)27(20)26-19/h3-10H,11H2,1-2H3,(H,23,26). The van der Waals surface area contributed by atoms with E-state index < -0.39 is 0 Å². The third-order valence-corrected chi connectivity index (χ3v) is 4.92. The van der Waals surface area contributed by atoms with Gasteiger partial charge in [-0.3, -0.25) is 0 Å². The molecule has 2 aromatic heterocycles. The number of nitrogens with zero attached hydrogens (tertiary/aromatic N) is 4. The number of ether oxygens (including phenoxy) is 1. The minimum Gasteiger partial charge on any atom is -0.457 e. The lowest BCUT2D eigenvalue weighted by atomic mass is 10.2. The molecule has 0 bridgehead atoms. The van der Waals surface area contributed by atoms with Crippen LogP contribution in [0.5, 0.6) is 11.5 Å². The second-order valence-corrected chi connectivity index (χ2v) is 7.20. The fraction of sp³-hybridized carbons (Fsp3) is 0.150. The van der Waals surface area contributed by atoms with E-state index in [0.29, 0.717) is 39.6 Å². The van der Waals surface area contributed by atoms with Gasteiger partial charge in [0.25, 0.3) is 0 Å². The SMILES string of the molecule is Cc1cc(Oc2cc(Cl)ccc2CNc2ccc3nnc(C)n3n2)ccc1Cl. The topological polar surface area (TPSA) is 64.3 Å². The predicted molar refractivity (Wildman–Crippen MR) is 111 cm³/mol. The average molecular weight is 414 g/mol. The maximum absolute atomic E-state index is 6.18. The molecule has 2 aromatic carbocycles. The quantitative estimate of drug-likeness (QED) is 0.470. The summed E-state index contributed by atoms with van der Waals surface area (Å²) in [7, 11) is 0. The number of benzene rings is 2. The van der Waals surface area contributed by atoms with Crippen LogP contribution in [0.2, 0.25) is 10.0 Å². The first-order valence-electron chi connectivity index (χ1n) is 8.65. The molecule has 0 saturated heterocycles. The zero-order valence-corrected chi connectivity index (χ0v) is 16.8. The Morgan fingerprint density at radius 3 is 2.68 bits per heavy atom. The first-order chi connectivity index (χ1) is 13.5. The zero-order chi connectivity index (χ0) is 19.7. The number of aryl methyl sites for hydroxylation is 2. The molecule has 8 heteroatoms. The number of anilines is 1. The number of fused-ring (bicyclic) bond motifs is 1. The van der Waals surface area contributed by atoms with Crippen LogP contribution in [-0.4, -0.2) is 19.8 Å². The molecule has 0 amide bonds. The molecule has 2 heterocycles. The molecular weight excluding hydrogens is 397 g/mol. The van der Waals surface area contributed by atoms with E-state index in [4.69, 9.17) is 27.9 Å². The van der Waals surface area contributed by atoms with E-state index in [1.807, 2.05) is 56.3 Å². The molecule has 1 N–H and O–H groups in total. The second kappa shape index (κ2) is 7.66. The fourth-order valence-corrected chi connectivity index (χ4v) is 3.03. The Labute approximate surface area is 172 Å². The van der Waals surface area contributed by atoms with E-state index in [0.717, 1.165) is 17.0 Å². The minimum atomic E-state index is 0.513. The molecule has 0 saturated carbocycles. The molecule has 142 valence electrons. The number of rotatable bonds is 5. The summed E-state index contributed by atoms with van der Waals surface area (Å²) in [6.45, 7) is 4.30. The van der Waals surface area contributed by atoms with E-state index in [-0.39, 0.29) is 0 Å². The van der Waals surface area contributed by atoms with Gasteiger partial charge in [-0.2, -0.15) is 4.52 Å². The summed E-state index contributed by atoms with van der Waals surface area (Å²) in [5.74, 6) is 2.80. The molecule has 0 unspecified atom stereocenters. The Hall–Kier alpha value is -2.83. The first kappa shape index (κ1) is 18.5. The zero-order valence-electron chi connectivity index (χ0n) is 15.3. The van der Waals surface area contributed by atoms with Crippen LogP contribution < -0.4 is 10.1 Å². The fourth-order valence-electron chi connectivity index (χ4n) is 2.75. The lowest BCUT2D eigenvalue weighted by Gasteiger charge is -2.13. The van der Waals surface area contributed by atoms with Crippen molar-refractivity contribution in [3.63, 3.8) is 0 Å². The summed E-state index contributed by atoms with van der Waals surface area (Å²) in [6.07, 6.45) is 0. The summed E-state index contributed by atoms with van der Waals surface area (Å²) in [4.78, 5) is 0. The van der Waals surface area contributed by atoms with Crippen LogP contribution >= 0.6 is 23.2 Å². The van der Waals surface area contributed by atoms with Gasteiger partial charge in [0.15, 0.2) is 11.5 Å². The number of halogens is 2. The largest absolute Gasteiger partial charge is 0.457 e. The van der Waals surface area contributed by atoms with Crippen molar-refractivity contribution >= 4 is 34.7 Å². The molecule has 6 nitrogen and oxygen atoms in total. The Morgan fingerprint density at radius 2 is 1.86 bits per heavy atom. The van der Waals surface area contributed by atoms with Crippen molar-refractivity contribution in [3.8, 4) is 11.5 Å². The second-order valence-electron chi connectivity index (χ2n) is 6.35. The van der Waals surface area contributed by atoms with Gasteiger partial charge in [0.2, 0.25) is 0 Å². The van der Waals surface area contributed by atoms with Crippen molar-refractivity contribution in [2.75, 3.05) is 5.32 Å². The van der Waals surface area contributed by atoms with Gasteiger partial charge in [-0.25, -0.2) is 0 Å². The smallest absolute Gasteiger partial charge is 0.178 e. The van der Waals surface area contributed by atoms with Gasteiger partial charge in [0.1, 0.15) is 17.3 Å². The lowest BCUT2D eigenvalue weighted by Crippen LogP contribution is -2.06. The van der Waals surface area contributed by atoms with E-state index in [9.17, 15) is 0 Å². The molecule has 0 aliphatic carbocycles. The van der Waals surface area contributed by atoms with Crippen molar-refractivity contribution < 1.29 is 4.74 Å². The maximum Gasteiger partial charge on any atom is 0.178 e. The predicted octanol–water partition coefficient (Wildman–Crippen LogP) is 5.45. The Kier molecular flexibility index (Phi) is 5.07. The van der Waals surface area contributed by atoms with Gasteiger partial charge in [-0.05, 0) is 61.9 Å². The van der Waals surface area contributed by atoms with Crippen LogP contribution in [0.15, 0.2) is 48.5 Å². The summed E-state index contributed by atoms with van der Waals surface area (Å²) < 4.78 is 7.76. The van der Waals surface area contributed by atoms with Crippen LogP contribution in [0.4, 0.5) is 5.82 Å². The van der Waals surface area contributed by atoms with Crippen molar-refractivity contribution in [2.24, 2.45) is 0 Å². The van der Waals surface area contributed by atoms with Crippen molar-refractivity contribution in [2.45, 2.75) is 20.4 Å². The Balaban J connectivity index is 1.56. The van der Waals surface area contributed by atoms with Gasteiger partial charge in [-0.15, -0.1) is 15.3 Å². The van der Waals surface area contributed by atoms with Crippen molar-refractivity contribution in [1.29, 1.82) is 0 Å². The van der Waals surface area contributed by atoms with E-state index in [1.165, 1.54) is 0 Å². The summed E-state index contributed by atoms with van der Waals surface area (Å²) in [6, 6.07) is 14.8. The molecule has 0 radical (unpaired) electrons. The highest BCUT2D eigenvalue weighted by atomic mass is 35.5. The van der Waals surface area contributed by atoms with Crippen LogP contribution in [-0.2, 0) is 6.54 Å². The van der Waals surface area contributed by atoms with Crippen LogP contribution in [0.1, 0.15) is 17.0 Å². The summed E-state index contributed by atoms with van der Waals surface area (Å²) in [5, 5.41) is 17.2. The van der Waals surface area contributed by atoms with Gasteiger partial charge in [0.05, 0.1) is 0 Å². The van der Waals surface area contributed by atoms with Crippen LogP contribution in [0.3, 0.4) is 0 Å². The molecule has 4 rings (SSSR count).